The van der Waals surface area contributed by atoms with Crippen molar-refractivity contribution in [3.8, 4) is 0 Å². The number of hydrogen-bond acceptors (Lipinski definition) is 4. The van der Waals surface area contributed by atoms with Gasteiger partial charge in [-0.15, -0.1) is 5.10 Å². The van der Waals surface area contributed by atoms with Crippen molar-refractivity contribution in [1.29, 1.82) is 0 Å². The number of hydrogen-bond donors (Lipinski definition) is 1. The predicted molar refractivity (Wildman–Crippen MR) is 58.2 cm³/mol. The van der Waals surface area contributed by atoms with Crippen LogP contribution in [0.4, 0.5) is 0 Å². The number of likely N-dealkylation sites (tertiary alicyclic amines) is 1. The van der Waals surface area contributed by atoms with Crippen molar-refractivity contribution in [3.05, 3.63) is 11.9 Å². The highest BCUT2D eigenvalue weighted by Gasteiger charge is 2.11. The summed E-state index contributed by atoms with van der Waals surface area (Å²) in [4.78, 5) is 2.44. The molecule has 84 valence electrons. The Labute approximate surface area is 90.2 Å². The van der Waals surface area contributed by atoms with Gasteiger partial charge >= 0.3 is 0 Å². The molecule has 15 heavy (non-hydrogen) atoms. The molecule has 0 spiro atoms. The van der Waals surface area contributed by atoms with Gasteiger partial charge in [0, 0.05) is 19.3 Å². The molecule has 1 saturated heterocycles. The second kappa shape index (κ2) is 5.23. The van der Waals surface area contributed by atoms with E-state index in [9.17, 15) is 0 Å². The fraction of sp³-hybridized carbons (Fsp3) is 0.800. The van der Waals surface area contributed by atoms with Crippen LogP contribution in [0.5, 0.6) is 0 Å². The van der Waals surface area contributed by atoms with Crippen molar-refractivity contribution in [3.63, 3.8) is 0 Å². The zero-order valence-corrected chi connectivity index (χ0v) is 9.10. The van der Waals surface area contributed by atoms with E-state index in [0.717, 1.165) is 18.8 Å². The molecule has 0 atom stereocenters. The van der Waals surface area contributed by atoms with Gasteiger partial charge in [-0.2, -0.15) is 0 Å². The van der Waals surface area contributed by atoms with Crippen molar-refractivity contribution in [2.75, 3.05) is 19.6 Å². The van der Waals surface area contributed by atoms with E-state index in [1.807, 2.05) is 10.9 Å². The van der Waals surface area contributed by atoms with Crippen molar-refractivity contribution in [2.24, 2.45) is 5.73 Å². The Morgan fingerprint density at radius 1 is 1.27 bits per heavy atom. The predicted octanol–water partition coefficient (Wildman–Crippen LogP) is 0.223. The molecule has 0 unspecified atom stereocenters. The third kappa shape index (κ3) is 3.00. The molecule has 1 aromatic heterocycles. The van der Waals surface area contributed by atoms with Crippen LogP contribution in [-0.4, -0.2) is 39.5 Å². The third-order valence-electron chi connectivity index (χ3n) is 2.78. The highest BCUT2D eigenvalue weighted by molar-refractivity contribution is 4.92. The third-order valence-corrected chi connectivity index (χ3v) is 2.78. The molecule has 1 aliphatic heterocycles. The second-order valence-electron chi connectivity index (χ2n) is 4.10. The van der Waals surface area contributed by atoms with Gasteiger partial charge in [0.25, 0.3) is 0 Å². The lowest BCUT2D eigenvalue weighted by Gasteiger charge is -2.25. The van der Waals surface area contributed by atoms with Crippen LogP contribution >= 0.6 is 0 Å². The number of piperidine rings is 1. The monoisotopic (exact) mass is 209 g/mol. The van der Waals surface area contributed by atoms with E-state index < -0.39 is 0 Å². The fourth-order valence-electron chi connectivity index (χ4n) is 2.00. The van der Waals surface area contributed by atoms with Crippen molar-refractivity contribution in [2.45, 2.75) is 32.4 Å². The van der Waals surface area contributed by atoms with Gasteiger partial charge < -0.3 is 5.73 Å². The van der Waals surface area contributed by atoms with E-state index in [1.54, 1.807) is 0 Å². The minimum atomic E-state index is 0.618. The number of nitrogens with two attached hydrogens (primary N) is 1. The smallest absolute Gasteiger partial charge is 0.0967 e. The molecule has 1 aromatic rings. The quantitative estimate of drug-likeness (QED) is 0.771. The van der Waals surface area contributed by atoms with Crippen LogP contribution in [0.15, 0.2) is 6.20 Å². The summed E-state index contributed by atoms with van der Waals surface area (Å²) < 4.78 is 1.82. The van der Waals surface area contributed by atoms with E-state index in [0.29, 0.717) is 6.54 Å². The van der Waals surface area contributed by atoms with E-state index in [1.165, 1.54) is 32.4 Å². The van der Waals surface area contributed by atoms with Crippen LogP contribution < -0.4 is 5.73 Å². The molecule has 1 aliphatic rings. The lowest BCUT2D eigenvalue weighted by atomic mass is 10.1. The van der Waals surface area contributed by atoms with Gasteiger partial charge in [-0.1, -0.05) is 11.6 Å². The first-order valence-corrected chi connectivity index (χ1v) is 5.70. The summed E-state index contributed by atoms with van der Waals surface area (Å²) in [5.74, 6) is 0. The Morgan fingerprint density at radius 2 is 2.07 bits per heavy atom. The Morgan fingerprint density at radius 3 is 2.80 bits per heavy atom. The topological polar surface area (TPSA) is 60.0 Å². The Hall–Kier alpha value is -0.940. The van der Waals surface area contributed by atoms with Crippen LogP contribution in [-0.2, 0) is 13.1 Å². The summed E-state index contributed by atoms with van der Waals surface area (Å²) in [5.41, 5.74) is 6.52. The van der Waals surface area contributed by atoms with E-state index in [2.05, 4.69) is 15.2 Å². The molecular weight excluding hydrogens is 190 g/mol. The maximum absolute atomic E-state index is 5.46. The van der Waals surface area contributed by atoms with Crippen molar-refractivity contribution < 1.29 is 0 Å². The van der Waals surface area contributed by atoms with Crippen LogP contribution in [0.2, 0.25) is 0 Å². The molecule has 0 amide bonds. The van der Waals surface area contributed by atoms with Crippen LogP contribution in [0, 0.1) is 0 Å². The maximum Gasteiger partial charge on any atom is 0.0967 e. The molecule has 5 nitrogen and oxygen atoms in total. The van der Waals surface area contributed by atoms with Crippen molar-refractivity contribution in [1.82, 2.24) is 19.9 Å². The summed E-state index contributed by atoms with van der Waals surface area (Å²) in [6.07, 6.45) is 6.01. The molecule has 2 N–H and O–H groups in total. The first-order valence-electron chi connectivity index (χ1n) is 5.70. The zero-order valence-electron chi connectivity index (χ0n) is 9.10. The zero-order chi connectivity index (χ0) is 10.5. The second-order valence-corrected chi connectivity index (χ2v) is 4.10. The lowest BCUT2D eigenvalue weighted by molar-refractivity contribution is 0.218. The van der Waals surface area contributed by atoms with Gasteiger partial charge in [0.1, 0.15) is 0 Å². The SMILES string of the molecule is NCCn1cc(CN2CCCCC2)nn1. The summed E-state index contributed by atoms with van der Waals surface area (Å²) in [5, 5.41) is 8.18. The van der Waals surface area contributed by atoms with E-state index in [-0.39, 0.29) is 0 Å². The average molecular weight is 209 g/mol. The van der Waals surface area contributed by atoms with Crippen LogP contribution in [0.25, 0.3) is 0 Å². The van der Waals surface area contributed by atoms with Gasteiger partial charge in [-0.25, -0.2) is 0 Å². The molecule has 2 heterocycles. The summed E-state index contributed by atoms with van der Waals surface area (Å²) in [7, 11) is 0. The normalized spacial score (nSPS) is 18.2. The van der Waals surface area contributed by atoms with E-state index in [4.69, 9.17) is 5.73 Å². The minimum absolute atomic E-state index is 0.618. The molecule has 0 aliphatic carbocycles. The molecule has 2 rings (SSSR count). The summed E-state index contributed by atoms with van der Waals surface area (Å²) in [6.45, 7) is 4.71. The molecular formula is C10H19N5. The average Bonchev–Trinajstić information content (AvgIpc) is 2.68. The van der Waals surface area contributed by atoms with Crippen molar-refractivity contribution >= 4 is 0 Å². The number of rotatable bonds is 4. The molecule has 0 bridgehead atoms. The Kier molecular flexibility index (Phi) is 3.69. The molecule has 5 heteroatoms. The Balaban J connectivity index is 1.86. The van der Waals surface area contributed by atoms with Crippen LogP contribution in [0.3, 0.4) is 0 Å². The van der Waals surface area contributed by atoms with Gasteiger partial charge in [-0.3, -0.25) is 9.58 Å². The fourth-order valence-corrected chi connectivity index (χ4v) is 2.00. The largest absolute Gasteiger partial charge is 0.329 e. The van der Waals surface area contributed by atoms with Crippen LogP contribution in [0.1, 0.15) is 25.0 Å². The molecule has 0 radical (unpaired) electrons. The number of aromatic nitrogens is 3. The highest BCUT2D eigenvalue weighted by Crippen LogP contribution is 2.11. The molecule has 1 fully saturated rings. The summed E-state index contributed by atoms with van der Waals surface area (Å²) >= 11 is 0. The highest BCUT2D eigenvalue weighted by atomic mass is 15.4. The van der Waals surface area contributed by atoms with Gasteiger partial charge in [-0.05, 0) is 25.9 Å². The van der Waals surface area contributed by atoms with Gasteiger partial charge in [0.2, 0.25) is 0 Å². The lowest BCUT2D eigenvalue weighted by Crippen LogP contribution is -2.29. The molecule has 0 aromatic carbocycles. The maximum atomic E-state index is 5.46. The van der Waals surface area contributed by atoms with E-state index >= 15 is 0 Å². The minimum Gasteiger partial charge on any atom is -0.329 e. The summed E-state index contributed by atoms with van der Waals surface area (Å²) in [6, 6.07) is 0. The first kappa shape index (κ1) is 10.6. The van der Waals surface area contributed by atoms with Gasteiger partial charge in [0.15, 0.2) is 0 Å². The van der Waals surface area contributed by atoms with Gasteiger partial charge in [0.05, 0.1) is 12.2 Å². The first-order chi connectivity index (χ1) is 7.38. The molecule has 0 saturated carbocycles. The Bertz CT molecular complexity index is 290. The standard InChI is InChI=1S/C10H19N5/c11-4-7-15-9-10(12-13-15)8-14-5-2-1-3-6-14/h9H,1-8,11H2. The number of nitrogens with zero attached hydrogens (tertiary/aromatic N) is 4.